The molecule has 1 unspecified atom stereocenters. The molecule has 0 fully saturated rings. The number of hydrogen-bond donors (Lipinski definition) is 1. The molecule has 0 saturated carbocycles. The van der Waals surface area contributed by atoms with Gasteiger partial charge in [0.2, 0.25) is 0 Å². The minimum Gasteiger partial charge on any atom is -0.310 e. The molecule has 1 atom stereocenters. The molecule has 3 nitrogen and oxygen atoms in total. The Hall–Kier alpha value is -1.61. The van der Waals surface area contributed by atoms with Crippen molar-refractivity contribution in [2.24, 2.45) is 7.05 Å². The summed E-state index contributed by atoms with van der Waals surface area (Å²) in [6.07, 6.45) is 2.93. The van der Waals surface area contributed by atoms with Gasteiger partial charge in [0.15, 0.2) is 0 Å². The lowest BCUT2D eigenvalue weighted by molar-refractivity contribution is 0.539. The van der Waals surface area contributed by atoms with Gasteiger partial charge in [0.1, 0.15) is 0 Å². The van der Waals surface area contributed by atoms with E-state index in [1.807, 2.05) is 17.9 Å². The van der Waals surface area contributed by atoms with E-state index >= 15 is 0 Å². The first-order valence-electron chi connectivity index (χ1n) is 6.88. The average molecular weight is 257 g/mol. The Morgan fingerprint density at radius 3 is 2.42 bits per heavy atom. The number of aryl methyl sites for hydroxylation is 3. The summed E-state index contributed by atoms with van der Waals surface area (Å²) in [5.41, 5.74) is 5.12. The largest absolute Gasteiger partial charge is 0.310 e. The number of nitrogens with zero attached hydrogens (tertiary/aromatic N) is 2. The number of aromatic nitrogens is 2. The maximum atomic E-state index is 4.48. The molecular formula is C16H23N3. The summed E-state index contributed by atoms with van der Waals surface area (Å²) < 4.78 is 1.86. The molecular weight excluding hydrogens is 234 g/mol. The first-order chi connectivity index (χ1) is 9.08. The summed E-state index contributed by atoms with van der Waals surface area (Å²) in [6.45, 7) is 7.42. The topological polar surface area (TPSA) is 29.9 Å². The maximum Gasteiger partial charge on any atom is 0.0643 e. The predicted molar refractivity (Wildman–Crippen MR) is 79.2 cm³/mol. The van der Waals surface area contributed by atoms with Crippen LogP contribution in [0.25, 0.3) is 0 Å². The maximum absolute atomic E-state index is 4.48. The van der Waals surface area contributed by atoms with Gasteiger partial charge in [-0.15, -0.1) is 0 Å². The van der Waals surface area contributed by atoms with E-state index in [9.17, 15) is 0 Å². The zero-order valence-electron chi connectivity index (χ0n) is 12.3. The minimum absolute atomic E-state index is 0.332. The van der Waals surface area contributed by atoms with Crippen molar-refractivity contribution >= 4 is 0 Å². The van der Waals surface area contributed by atoms with E-state index in [-0.39, 0.29) is 0 Å². The number of hydrogen-bond acceptors (Lipinski definition) is 2. The van der Waals surface area contributed by atoms with Crippen LogP contribution in [-0.2, 0) is 13.5 Å². The highest BCUT2D eigenvalue weighted by Crippen LogP contribution is 2.20. The summed E-state index contributed by atoms with van der Waals surface area (Å²) in [7, 11) is 1.96. The molecule has 0 bridgehead atoms. The molecule has 102 valence electrons. The number of benzene rings is 1. The number of likely N-dealkylation sites (N-methyl/N-ethyl adjacent to an activating group) is 1. The quantitative estimate of drug-likeness (QED) is 0.892. The fraction of sp³-hybridized carbons (Fsp3) is 0.438. The molecule has 3 heteroatoms. The molecule has 2 aromatic rings. The summed E-state index contributed by atoms with van der Waals surface area (Å²) in [6, 6.07) is 9.17. The Balaban J connectivity index is 2.23. The molecule has 0 amide bonds. The van der Waals surface area contributed by atoms with Gasteiger partial charge in [-0.05, 0) is 32.0 Å². The Kier molecular flexibility index (Phi) is 4.38. The smallest absolute Gasteiger partial charge is 0.0643 e. The predicted octanol–water partition coefficient (Wildman–Crippen LogP) is 2.93. The van der Waals surface area contributed by atoms with E-state index in [0.29, 0.717) is 6.04 Å². The average Bonchev–Trinajstić information content (AvgIpc) is 2.73. The summed E-state index contributed by atoms with van der Waals surface area (Å²) in [4.78, 5) is 0. The highest BCUT2D eigenvalue weighted by atomic mass is 15.2. The highest BCUT2D eigenvalue weighted by molar-refractivity contribution is 5.31. The molecule has 0 spiro atoms. The van der Waals surface area contributed by atoms with Crippen LogP contribution in [0.1, 0.15) is 35.3 Å². The van der Waals surface area contributed by atoms with Gasteiger partial charge in [0.05, 0.1) is 5.69 Å². The molecule has 0 aliphatic heterocycles. The molecule has 1 aromatic heterocycles. The van der Waals surface area contributed by atoms with Crippen molar-refractivity contribution in [2.75, 3.05) is 6.54 Å². The van der Waals surface area contributed by atoms with Crippen LogP contribution in [0, 0.1) is 13.8 Å². The first-order valence-corrected chi connectivity index (χ1v) is 6.88. The Morgan fingerprint density at radius 1 is 1.21 bits per heavy atom. The van der Waals surface area contributed by atoms with Gasteiger partial charge in [-0.2, -0.15) is 5.10 Å². The second kappa shape index (κ2) is 6.02. The summed E-state index contributed by atoms with van der Waals surface area (Å²) in [5, 5.41) is 8.04. The number of nitrogens with one attached hydrogen (secondary N) is 1. The van der Waals surface area contributed by atoms with Crippen molar-refractivity contribution in [3.8, 4) is 0 Å². The van der Waals surface area contributed by atoms with E-state index in [4.69, 9.17) is 0 Å². The third-order valence-electron chi connectivity index (χ3n) is 3.28. The molecule has 2 rings (SSSR count). The van der Waals surface area contributed by atoms with Crippen LogP contribution >= 0.6 is 0 Å². The van der Waals surface area contributed by atoms with Crippen molar-refractivity contribution in [3.63, 3.8) is 0 Å². The molecule has 19 heavy (non-hydrogen) atoms. The molecule has 1 aromatic carbocycles. The van der Waals surface area contributed by atoms with E-state index in [1.54, 1.807) is 0 Å². The monoisotopic (exact) mass is 257 g/mol. The molecule has 0 saturated heterocycles. The van der Waals surface area contributed by atoms with Gasteiger partial charge in [0.25, 0.3) is 0 Å². The minimum atomic E-state index is 0.332. The molecule has 0 aliphatic rings. The lowest BCUT2D eigenvalue weighted by atomic mass is 9.98. The lowest BCUT2D eigenvalue weighted by Gasteiger charge is -2.18. The van der Waals surface area contributed by atoms with Crippen LogP contribution in [0.15, 0.2) is 30.5 Å². The normalized spacial score (nSPS) is 12.6. The molecule has 1 N–H and O–H groups in total. The fourth-order valence-corrected chi connectivity index (χ4v) is 2.55. The van der Waals surface area contributed by atoms with Gasteiger partial charge in [-0.3, -0.25) is 4.68 Å². The Morgan fingerprint density at radius 2 is 1.89 bits per heavy atom. The van der Waals surface area contributed by atoms with Crippen molar-refractivity contribution in [1.82, 2.24) is 15.1 Å². The van der Waals surface area contributed by atoms with Crippen LogP contribution in [0.3, 0.4) is 0 Å². The van der Waals surface area contributed by atoms with Gasteiger partial charge in [-0.25, -0.2) is 0 Å². The van der Waals surface area contributed by atoms with Crippen molar-refractivity contribution < 1.29 is 0 Å². The van der Waals surface area contributed by atoms with Crippen LogP contribution < -0.4 is 5.32 Å². The first kappa shape index (κ1) is 13.8. The van der Waals surface area contributed by atoms with Crippen molar-refractivity contribution in [3.05, 3.63) is 52.8 Å². The second-order valence-corrected chi connectivity index (χ2v) is 5.22. The van der Waals surface area contributed by atoms with Crippen LogP contribution in [0.4, 0.5) is 0 Å². The molecule has 0 radical (unpaired) electrons. The number of rotatable bonds is 5. The van der Waals surface area contributed by atoms with Crippen LogP contribution in [0.2, 0.25) is 0 Å². The highest BCUT2D eigenvalue weighted by Gasteiger charge is 2.13. The van der Waals surface area contributed by atoms with Gasteiger partial charge in [-0.1, -0.05) is 36.2 Å². The van der Waals surface area contributed by atoms with Crippen molar-refractivity contribution in [1.29, 1.82) is 0 Å². The fourth-order valence-electron chi connectivity index (χ4n) is 2.55. The van der Waals surface area contributed by atoms with Gasteiger partial charge < -0.3 is 5.32 Å². The zero-order chi connectivity index (χ0) is 13.8. The van der Waals surface area contributed by atoms with Crippen LogP contribution in [-0.4, -0.2) is 16.3 Å². The van der Waals surface area contributed by atoms with E-state index in [0.717, 1.165) is 18.7 Å². The summed E-state index contributed by atoms with van der Waals surface area (Å²) in [5.74, 6) is 0. The Labute approximate surface area is 115 Å². The van der Waals surface area contributed by atoms with E-state index in [2.05, 4.69) is 55.5 Å². The standard InChI is InChI=1S/C16H23N3/c1-5-17-16(11-15-6-7-19(4)18-15)14-9-12(2)8-13(3)10-14/h6-10,16-17H,5,11H2,1-4H3. The van der Waals surface area contributed by atoms with E-state index in [1.165, 1.54) is 16.7 Å². The van der Waals surface area contributed by atoms with Crippen molar-refractivity contribution in [2.45, 2.75) is 33.2 Å². The zero-order valence-corrected chi connectivity index (χ0v) is 12.3. The van der Waals surface area contributed by atoms with Gasteiger partial charge in [0, 0.05) is 25.7 Å². The third kappa shape index (κ3) is 3.67. The lowest BCUT2D eigenvalue weighted by Crippen LogP contribution is -2.23. The van der Waals surface area contributed by atoms with E-state index < -0.39 is 0 Å². The van der Waals surface area contributed by atoms with Crippen LogP contribution in [0.5, 0.6) is 0 Å². The summed E-state index contributed by atoms with van der Waals surface area (Å²) >= 11 is 0. The van der Waals surface area contributed by atoms with Gasteiger partial charge >= 0.3 is 0 Å². The SMILES string of the molecule is CCNC(Cc1ccn(C)n1)c1cc(C)cc(C)c1. The third-order valence-corrected chi connectivity index (χ3v) is 3.28. The molecule has 0 aliphatic carbocycles. The Bertz CT molecular complexity index is 522. The second-order valence-electron chi connectivity index (χ2n) is 5.22. The molecule has 1 heterocycles.